The molecule has 0 saturated heterocycles. The lowest BCUT2D eigenvalue weighted by atomic mass is 9.94. The molecular formula is C44H60N12O9. The Morgan fingerprint density at radius 1 is 0.846 bits per heavy atom. The predicted molar refractivity (Wildman–Crippen MR) is 246 cm³/mol. The number of benzene rings is 2. The molecule has 2 aromatic carbocycles. The molecule has 0 unspecified atom stereocenters. The van der Waals surface area contributed by atoms with Crippen LogP contribution in [0.4, 0.5) is 11.9 Å². The van der Waals surface area contributed by atoms with Gasteiger partial charge in [-0.3, -0.25) is 34.7 Å². The third-order valence-electron chi connectivity index (χ3n) is 9.91. The lowest BCUT2D eigenvalue weighted by Gasteiger charge is -2.31. The van der Waals surface area contributed by atoms with Crippen LogP contribution in [0, 0.1) is 26.7 Å². The summed E-state index contributed by atoms with van der Waals surface area (Å²) >= 11 is 0. The number of imidazole rings is 2. The quantitative estimate of drug-likeness (QED) is 0.0242. The number of primary amides is 2. The Balaban J connectivity index is 0.000000556. The molecule has 9 N–H and O–H groups in total. The van der Waals surface area contributed by atoms with E-state index in [9.17, 15) is 14.4 Å². The standard InChI is InChI=1S/C35H44N8O5.C7H9NO2.CH4N2O.CH3NO/c1-10-23-30(47-21(5)38-23)32(45)41-34-40-25-17-22(31(36)44)18-26(46-9)28(25)43(34)14-12-11-13-42-29-24(39-33(42)37-8)15-20(4)16-27(29)48-35(6,7)19(2)3;1-3-6-7(4-9)10-5(2)8-6;2-3-1-4;2-1-3/h11-12,15-19H,10,13-14H2,1-9H3,(H2,36,44)(H,37,39)(H,40,41,45);4H,3H2,1-2H3;1H,2H2,(H,3,4);1H,(H2,2,3)/b12-11+;;;. The van der Waals surface area contributed by atoms with Gasteiger partial charge in [-0.2, -0.15) is 0 Å². The van der Waals surface area contributed by atoms with Crippen LogP contribution in [0.1, 0.15) is 102 Å². The molecule has 6 rings (SSSR count). The molecule has 4 heterocycles. The molecule has 0 spiro atoms. The lowest BCUT2D eigenvalue weighted by molar-refractivity contribution is -0.109. The fraction of sp³-hybridized carbons (Fsp3) is 0.386. The largest absolute Gasteiger partial charge is 0.494 e. The molecule has 0 bridgehead atoms. The highest BCUT2D eigenvalue weighted by molar-refractivity contribution is 6.04. The zero-order valence-corrected chi connectivity index (χ0v) is 38.7. The van der Waals surface area contributed by atoms with Gasteiger partial charge in [0, 0.05) is 39.5 Å². The molecule has 0 aliphatic carbocycles. The maximum Gasteiger partial charge on any atom is 0.295 e. The van der Waals surface area contributed by atoms with Crippen LogP contribution < -0.4 is 42.8 Å². The number of hydrazine groups is 1. The number of anilines is 2. The number of rotatable bonds is 16. The first-order valence-electron chi connectivity index (χ1n) is 20.5. The zero-order chi connectivity index (χ0) is 48.6. The highest BCUT2D eigenvalue weighted by Crippen LogP contribution is 2.35. The van der Waals surface area contributed by atoms with Gasteiger partial charge in [0.2, 0.25) is 36.4 Å². The average Bonchev–Trinajstić information content (AvgIpc) is 4.04. The average molecular weight is 901 g/mol. The summed E-state index contributed by atoms with van der Waals surface area (Å²) in [5.41, 5.74) is 16.4. The first-order chi connectivity index (χ1) is 30.9. The van der Waals surface area contributed by atoms with Crippen LogP contribution in [-0.4, -0.2) is 79.7 Å². The molecule has 350 valence electrons. The second-order valence-electron chi connectivity index (χ2n) is 15.0. The van der Waals surface area contributed by atoms with Crippen LogP contribution >= 0.6 is 0 Å². The highest BCUT2D eigenvalue weighted by atomic mass is 16.5. The number of fused-ring (bicyclic) bond motifs is 2. The molecule has 0 radical (unpaired) electrons. The Morgan fingerprint density at radius 2 is 1.38 bits per heavy atom. The molecule has 0 aliphatic rings. The molecule has 65 heavy (non-hydrogen) atoms. The van der Waals surface area contributed by atoms with Gasteiger partial charge in [0.1, 0.15) is 28.1 Å². The molecule has 21 heteroatoms. The van der Waals surface area contributed by atoms with Crippen molar-refractivity contribution in [3.8, 4) is 11.5 Å². The Bertz CT molecular complexity index is 2620. The van der Waals surface area contributed by atoms with Crippen molar-refractivity contribution in [1.29, 1.82) is 0 Å². The van der Waals surface area contributed by atoms with E-state index in [4.69, 9.17) is 38.6 Å². The Hall–Kier alpha value is -7.55. The number of methoxy groups -OCH3 is 1. The van der Waals surface area contributed by atoms with E-state index in [1.807, 2.05) is 52.1 Å². The van der Waals surface area contributed by atoms with Crippen LogP contribution in [0.5, 0.6) is 11.5 Å². The fourth-order valence-electron chi connectivity index (χ4n) is 6.25. The third kappa shape index (κ3) is 13.0. The molecule has 6 aromatic rings. The van der Waals surface area contributed by atoms with E-state index in [0.29, 0.717) is 78.2 Å². The minimum atomic E-state index is -0.622. The Morgan fingerprint density at radius 3 is 1.89 bits per heavy atom. The lowest BCUT2D eigenvalue weighted by Crippen LogP contribution is -2.34. The first-order valence-corrected chi connectivity index (χ1v) is 20.5. The number of hydrogen-bond acceptors (Lipinski definition) is 15. The molecule has 0 aliphatic heterocycles. The van der Waals surface area contributed by atoms with Crippen LogP contribution in [0.25, 0.3) is 22.1 Å². The second-order valence-corrected chi connectivity index (χ2v) is 15.0. The van der Waals surface area contributed by atoms with Gasteiger partial charge in [0.15, 0.2) is 23.8 Å². The van der Waals surface area contributed by atoms with E-state index in [1.165, 1.54) is 7.11 Å². The van der Waals surface area contributed by atoms with Crippen LogP contribution in [0.3, 0.4) is 0 Å². The van der Waals surface area contributed by atoms with Gasteiger partial charge < -0.3 is 44.2 Å². The van der Waals surface area contributed by atoms with Gasteiger partial charge in [-0.05, 0) is 69.4 Å². The van der Waals surface area contributed by atoms with Crippen LogP contribution in [-0.2, 0) is 35.5 Å². The number of hydrogen-bond donors (Lipinski definition) is 6. The molecule has 0 fully saturated rings. The number of allylic oxidation sites excluding steroid dienone is 2. The number of nitrogens with two attached hydrogens (primary N) is 3. The van der Waals surface area contributed by atoms with Crippen molar-refractivity contribution in [3.05, 3.63) is 82.2 Å². The Kier molecular flexibility index (Phi) is 18.9. The van der Waals surface area contributed by atoms with E-state index < -0.39 is 17.4 Å². The van der Waals surface area contributed by atoms with Gasteiger partial charge >= 0.3 is 0 Å². The maximum absolute atomic E-state index is 13.4. The summed E-state index contributed by atoms with van der Waals surface area (Å²) in [6.45, 7) is 18.5. The SMILES string of the molecule is CCc1nc(C)oc1C(=O)Nc1nc2cc(C(N)=O)cc(OC)c2n1C/C=C/Cn1c(NC)nc2cc(C)cc(OC(C)(C)C(C)C)c21.CCc1nc(C)oc1C=O.NC=O.NNC=O. The molecule has 21 nitrogen and oxygen atoms in total. The summed E-state index contributed by atoms with van der Waals surface area (Å²) in [6.07, 6.45) is 6.58. The Labute approximate surface area is 376 Å². The minimum absolute atomic E-state index is 0.120. The minimum Gasteiger partial charge on any atom is -0.494 e. The number of carbonyl (C=O) groups is 5. The number of nitrogens with zero attached hydrogens (tertiary/aromatic N) is 6. The number of carbonyl (C=O) groups excluding carboxylic acids is 5. The molecule has 4 amide bonds. The molecule has 0 saturated carbocycles. The fourth-order valence-corrected chi connectivity index (χ4v) is 6.25. The van der Waals surface area contributed by atoms with Crippen LogP contribution in [0.2, 0.25) is 0 Å². The number of aryl methyl sites for hydroxylation is 5. The number of ether oxygens (including phenoxy) is 2. The first kappa shape index (κ1) is 51.8. The van der Waals surface area contributed by atoms with Crippen LogP contribution in [0.15, 0.2) is 45.3 Å². The van der Waals surface area contributed by atoms with E-state index >= 15 is 0 Å². The smallest absolute Gasteiger partial charge is 0.295 e. The predicted octanol–water partition coefficient (Wildman–Crippen LogP) is 5.09. The summed E-state index contributed by atoms with van der Waals surface area (Å²) in [7, 11) is 3.34. The number of oxazole rings is 2. The van der Waals surface area contributed by atoms with E-state index in [0.717, 1.165) is 34.5 Å². The summed E-state index contributed by atoms with van der Waals surface area (Å²) in [4.78, 5) is 71.1. The summed E-state index contributed by atoms with van der Waals surface area (Å²) in [5, 5.41) is 6.09. The van der Waals surface area contributed by atoms with Gasteiger partial charge in [-0.25, -0.2) is 25.8 Å². The monoisotopic (exact) mass is 900 g/mol. The topological polar surface area (TPSA) is 306 Å². The maximum atomic E-state index is 13.4. The summed E-state index contributed by atoms with van der Waals surface area (Å²) < 4.78 is 26.7. The van der Waals surface area contributed by atoms with Gasteiger partial charge in [-0.15, -0.1) is 0 Å². The van der Waals surface area contributed by atoms with Crippen molar-refractivity contribution in [2.24, 2.45) is 23.2 Å². The highest BCUT2D eigenvalue weighted by Gasteiger charge is 2.27. The number of aldehydes is 1. The van der Waals surface area contributed by atoms with Gasteiger partial charge in [-0.1, -0.05) is 39.8 Å². The van der Waals surface area contributed by atoms with E-state index in [-0.39, 0.29) is 29.6 Å². The van der Waals surface area contributed by atoms with E-state index in [1.54, 1.807) is 36.0 Å². The molecule has 4 aromatic heterocycles. The second kappa shape index (κ2) is 23.8. The van der Waals surface area contributed by atoms with Crippen molar-refractivity contribution < 1.29 is 42.3 Å². The van der Waals surface area contributed by atoms with Gasteiger partial charge in [0.25, 0.3) is 5.91 Å². The zero-order valence-electron chi connectivity index (χ0n) is 38.7. The molecule has 0 atom stereocenters. The van der Waals surface area contributed by atoms with Crippen molar-refractivity contribution in [2.75, 3.05) is 24.8 Å². The summed E-state index contributed by atoms with van der Waals surface area (Å²) in [6, 6.07) is 7.23. The normalized spacial score (nSPS) is 10.9. The van der Waals surface area contributed by atoms with E-state index in [2.05, 4.69) is 69.4 Å². The molecular weight excluding hydrogens is 841 g/mol. The third-order valence-corrected chi connectivity index (χ3v) is 9.91. The summed E-state index contributed by atoms with van der Waals surface area (Å²) in [5.74, 6) is 7.10. The van der Waals surface area contributed by atoms with Crippen molar-refractivity contribution in [3.63, 3.8) is 0 Å². The number of nitrogens with one attached hydrogen (secondary N) is 3. The number of amides is 4. The van der Waals surface area contributed by atoms with Crippen molar-refractivity contribution >= 4 is 64.9 Å². The van der Waals surface area contributed by atoms with Crippen molar-refractivity contribution in [2.45, 2.75) is 93.8 Å². The number of aromatic nitrogens is 6. The van der Waals surface area contributed by atoms with Gasteiger partial charge in [0.05, 0.1) is 29.5 Å². The van der Waals surface area contributed by atoms with Crippen molar-refractivity contribution in [1.82, 2.24) is 34.5 Å².